The number of carbonyl (C=O) groups excluding carboxylic acids is 2. The van der Waals surface area contributed by atoms with Gasteiger partial charge in [-0.05, 0) is 55.5 Å². The van der Waals surface area contributed by atoms with Gasteiger partial charge in [0, 0.05) is 31.0 Å². The normalized spacial score (nSPS) is 17.9. The summed E-state index contributed by atoms with van der Waals surface area (Å²) in [6.45, 7) is 4.18. The summed E-state index contributed by atoms with van der Waals surface area (Å²) in [6.07, 6.45) is 4.91. The summed E-state index contributed by atoms with van der Waals surface area (Å²) in [4.78, 5) is 29.1. The molecule has 0 saturated carbocycles. The number of β-lactam (4-membered cyclic amide) rings is 1. The number of carbonyl (C=O) groups is 2. The highest BCUT2D eigenvalue weighted by molar-refractivity contribution is 6.04. The van der Waals surface area contributed by atoms with Crippen molar-refractivity contribution in [3.05, 3.63) is 60.2 Å². The van der Waals surface area contributed by atoms with Gasteiger partial charge in [0.15, 0.2) is 0 Å². The predicted molar refractivity (Wildman–Crippen MR) is 116 cm³/mol. The molecule has 29 heavy (non-hydrogen) atoms. The van der Waals surface area contributed by atoms with Crippen LogP contribution in [0.5, 0.6) is 0 Å². The van der Waals surface area contributed by atoms with E-state index in [1.807, 2.05) is 52.3 Å². The second-order valence-electron chi connectivity index (χ2n) is 8.22. The lowest BCUT2D eigenvalue weighted by molar-refractivity contribution is -0.138. The van der Waals surface area contributed by atoms with Crippen molar-refractivity contribution >= 4 is 23.3 Å². The smallest absolute Gasteiger partial charge is 0.321 e. The van der Waals surface area contributed by atoms with Crippen molar-refractivity contribution in [1.82, 2.24) is 4.90 Å². The van der Waals surface area contributed by atoms with Crippen molar-refractivity contribution < 1.29 is 9.59 Å². The van der Waals surface area contributed by atoms with Crippen LogP contribution in [-0.2, 0) is 11.2 Å². The fourth-order valence-corrected chi connectivity index (χ4v) is 4.30. The van der Waals surface area contributed by atoms with E-state index in [0.717, 1.165) is 37.2 Å². The average molecular weight is 392 g/mol. The number of nitrogens with zero attached hydrogens (tertiary/aromatic N) is 2. The number of hydrogen-bond donors (Lipinski definition) is 1. The SMILES string of the molecule is CCCCc1ccc(NC(=O)N2CCC3(CC2)CN(c2ccccc2)C3=O)cc1. The Kier molecular flexibility index (Phi) is 5.56. The maximum absolute atomic E-state index is 12.8. The van der Waals surface area contributed by atoms with Crippen LogP contribution in [0.4, 0.5) is 16.2 Å². The fourth-order valence-electron chi connectivity index (χ4n) is 4.30. The van der Waals surface area contributed by atoms with Gasteiger partial charge in [-0.3, -0.25) is 4.79 Å². The average Bonchev–Trinajstić information content (AvgIpc) is 2.77. The minimum atomic E-state index is -0.284. The second kappa shape index (κ2) is 8.27. The Morgan fingerprint density at radius 1 is 1.03 bits per heavy atom. The van der Waals surface area contributed by atoms with Gasteiger partial charge < -0.3 is 15.1 Å². The van der Waals surface area contributed by atoms with Gasteiger partial charge in [0.25, 0.3) is 0 Å². The fraction of sp³-hybridized carbons (Fsp3) is 0.417. The molecule has 2 fully saturated rings. The molecule has 5 heteroatoms. The number of likely N-dealkylation sites (tertiary alicyclic amines) is 1. The Morgan fingerprint density at radius 3 is 2.34 bits per heavy atom. The molecule has 0 unspecified atom stereocenters. The van der Waals surface area contributed by atoms with Crippen molar-refractivity contribution in [3.63, 3.8) is 0 Å². The largest absolute Gasteiger partial charge is 0.324 e. The van der Waals surface area contributed by atoms with Crippen molar-refractivity contribution in [1.29, 1.82) is 0 Å². The lowest BCUT2D eigenvalue weighted by Crippen LogP contribution is -2.65. The van der Waals surface area contributed by atoms with Crippen LogP contribution in [0.2, 0.25) is 0 Å². The Hall–Kier alpha value is -2.82. The quantitative estimate of drug-likeness (QED) is 0.752. The molecule has 0 aromatic heterocycles. The molecule has 0 bridgehead atoms. The monoisotopic (exact) mass is 391 g/mol. The van der Waals surface area contributed by atoms with Crippen molar-refractivity contribution in [2.45, 2.75) is 39.0 Å². The first-order valence-electron chi connectivity index (χ1n) is 10.6. The van der Waals surface area contributed by atoms with E-state index in [1.165, 1.54) is 18.4 Å². The van der Waals surface area contributed by atoms with Gasteiger partial charge in [-0.2, -0.15) is 0 Å². The molecule has 5 nitrogen and oxygen atoms in total. The molecular formula is C24H29N3O2. The van der Waals surface area contributed by atoms with Crippen LogP contribution in [-0.4, -0.2) is 36.5 Å². The molecule has 2 aliphatic heterocycles. The van der Waals surface area contributed by atoms with E-state index in [9.17, 15) is 9.59 Å². The second-order valence-corrected chi connectivity index (χ2v) is 8.22. The maximum atomic E-state index is 12.8. The summed E-state index contributed by atoms with van der Waals surface area (Å²) < 4.78 is 0. The molecule has 0 radical (unpaired) electrons. The number of amides is 3. The van der Waals surface area contributed by atoms with Crippen LogP contribution in [0.3, 0.4) is 0 Å². The number of unbranched alkanes of at least 4 members (excludes halogenated alkanes) is 1. The van der Waals surface area contributed by atoms with Gasteiger partial charge in [-0.15, -0.1) is 0 Å². The highest BCUT2D eigenvalue weighted by Gasteiger charge is 2.53. The molecule has 2 aromatic rings. The van der Waals surface area contributed by atoms with Crippen LogP contribution in [0, 0.1) is 5.41 Å². The number of nitrogens with one attached hydrogen (secondary N) is 1. The molecule has 2 saturated heterocycles. The van der Waals surface area contributed by atoms with E-state index in [-0.39, 0.29) is 17.4 Å². The molecule has 4 rings (SSSR count). The van der Waals surface area contributed by atoms with Gasteiger partial charge in [0.05, 0.1) is 5.41 Å². The summed E-state index contributed by atoms with van der Waals surface area (Å²) in [7, 11) is 0. The van der Waals surface area contributed by atoms with Crippen molar-refractivity contribution in [2.75, 3.05) is 29.9 Å². The molecule has 1 N–H and O–H groups in total. The number of piperidine rings is 1. The van der Waals surface area contributed by atoms with Gasteiger partial charge in [0.2, 0.25) is 5.91 Å². The van der Waals surface area contributed by atoms with Gasteiger partial charge in [-0.25, -0.2) is 4.79 Å². The molecular weight excluding hydrogens is 362 g/mol. The standard InChI is InChI=1S/C24H29N3O2/c1-2-3-7-19-10-12-20(13-11-19)25-23(29)26-16-14-24(15-17-26)18-27(22(24)28)21-8-5-4-6-9-21/h4-6,8-13H,2-3,7,14-18H2,1H3,(H,25,29). The molecule has 2 aromatic carbocycles. The third-order valence-corrected chi connectivity index (χ3v) is 6.26. The zero-order valence-corrected chi connectivity index (χ0v) is 17.1. The summed E-state index contributed by atoms with van der Waals surface area (Å²) in [5.41, 5.74) is 2.81. The third-order valence-electron chi connectivity index (χ3n) is 6.26. The van der Waals surface area contributed by atoms with E-state index < -0.39 is 0 Å². The van der Waals surface area contributed by atoms with Gasteiger partial charge in [0.1, 0.15) is 0 Å². The number of aryl methyl sites for hydroxylation is 1. The Morgan fingerprint density at radius 2 is 1.72 bits per heavy atom. The summed E-state index contributed by atoms with van der Waals surface area (Å²) >= 11 is 0. The van der Waals surface area contributed by atoms with E-state index >= 15 is 0 Å². The first-order valence-corrected chi connectivity index (χ1v) is 10.6. The lowest BCUT2D eigenvalue weighted by Gasteiger charge is -2.52. The molecule has 0 atom stereocenters. The number of hydrogen-bond acceptors (Lipinski definition) is 2. The maximum Gasteiger partial charge on any atom is 0.321 e. The number of rotatable bonds is 5. The number of anilines is 2. The van der Waals surface area contributed by atoms with E-state index in [0.29, 0.717) is 13.1 Å². The number of benzene rings is 2. The summed E-state index contributed by atoms with van der Waals surface area (Å²) in [5.74, 6) is 0.200. The Bertz CT molecular complexity index is 855. The van der Waals surface area contributed by atoms with Crippen LogP contribution >= 0.6 is 0 Å². The minimum Gasteiger partial charge on any atom is -0.324 e. The van der Waals surface area contributed by atoms with Crippen LogP contribution in [0.25, 0.3) is 0 Å². The first-order chi connectivity index (χ1) is 14.1. The highest BCUT2D eigenvalue weighted by Crippen LogP contribution is 2.43. The third kappa shape index (κ3) is 4.00. The first kappa shape index (κ1) is 19.5. The zero-order chi connectivity index (χ0) is 20.3. The van der Waals surface area contributed by atoms with Gasteiger partial charge in [-0.1, -0.05) is 43.7 Å². The molecule has 3 amide bonds. The molecule has 2 heterocycles. The van der Waals surface area contributed by atoms with E-state index in [4.69, 9.17) is 0 Å². The van der Waals surface area contributed by atoms with E-state index in [2.05, 4.69) is 24.4 Å². The molecule has 2 aliphatic rings. The predicted octanol–water partition coefficient (Wildman–Crippen LogP) is 4.69. The topological polar surface area (TPSA) is 52.7 Å². The molecule has 1 spiro atoms. The van der Waals surface area contributed by atoms with Crippen LogP contribution < -0.4 is 10.2 Å². The van der Waals surface area contributed by atoms with Crippen LogP contribution in [0.15, 0.2) is 54.6 Å². The van der Waals surface area contributed by atoms with Gasteiger partial charge >= 0.3 is 6.03 Å². The summed E-state index contributed by atoms with van der Waals surface area (Å²) in [6, 6.07) is 17.9. The molecule has 0 aliphatic carbocycles. The van der Waals surface area contributed by atoms with Crippen molar-refractivity contribution in [3.8, 4) is 0 Å². The Balaban J connectivity index is 1.28. The Labute approximate surface area is 172 Å². The molecule has 152 valence electrons. The lowest BCUT2D eigenvalue weighted by atomic mass is 9.71. The zero-order valence-electron chi connectivity index (χ0n) is 17.1. The minimum absolute atomic E-state index is 0.0761. The number of urea groups is 1. The number of para-hydroxylation sites is 1. The summed E-state index contributed by atoms with van der Waals surface area (Å²) in [5, 5.41) is 3.00. The highest BCUT2D eigenvalue weighted by atomic mass is 16.2. The van der Waals surface area contributed by atoms with E-state index in [1.54, 1.807) is 0 Å². The van der Waals surface area contributed by atoms with Crippen LogP contribution in [0.1, 0.15) is 38.2 Å². The van der Waals surface area contributed by atoms with Crippen molar-refractivity contribution in [2.24, 2.45) is 5.41 Å².